The molecular weight excluding hydrogens is 391 g/mol. The number of nitrogens with two attached hydrogens (primary N) is 1. The van der Waals surface area contributed by atoms with Crippen LogP contribution in [0, 0.1) is 5.92 Å². The number of sulfonamides is 1. The second-order valence-corrected chi connectivity index (χ2v) is 7.57. The summed E-state index contributed by atoms with van der Waals surface area (Å²) < 4.78 is 24.7. The van der Waals surface area contributed by atoms with E-state index in [0.29, 0.717) is 25.6 Å². The zero-order valence-corrected chi connectivity index (χ0v) is 15.1. The number of nitrogens with zero attached hydrogens (tertiary/aromatic N) is 3. The Balaban J connectivity index is 0.00000200. The van der Waals surface area contributed by atoms with Gasteiger partial charge < -0.3 is 10.6 Å². The third kappa shape index (κ3) is 4.73. The normalized spacial score (nSPS) is 24.6. The van der Waals surface area contributed by atoms with Crippen LogP contribution in [0.3, 0.4) is 0 Å². The number of hydrogen-bond donors (Lipinski definition) is 1. The average Bonchev–Trinajstić information content (AvgIpc) is 2.69. The fourth-order valence-corrected chi connectivity index (χ4v) is 4.08. The van der Waals surface area contributed by atoms with E-state index in [1.54, 1.807) is 0 Å². The molecule has 0 atom stereocenters. The Hall–Kier alpha value is -0.0900. The second kappa shape index (κ2) is 7.79. The van der Waals surface area contributed by atoms with Crippen molar-refractivity contribution in [1.29, 1.82) is 0 Å². The molecule has 20 heavy (non-hydrogen) atoms. The fourth-order valence-electron chi connectivity index (χ4n) is 2.56. The Labute approximate surface area is 138 Å². The molecule has 0 saturated carbocycles. The summed E-state index contributed by atoms with van der Waals surface area (Å²) in [5.41, 5.74) is 5.95. The highest BCUT2D eigenvalue weighted by Gasteiger charge is 2.27. The third-order valence-corrected chi connectivity index (χ3v) is 5.89. The van der Waals surface area contributed by atoms with Crippen molar-refractivity contribution in [1.82, 2.24) is 9.21 Å². The lowest BCUT2D eigenvalue weighted by molar-refractivity contribution is 0.277. The molecule has 2 aliphatic rings. The number of aliphatic imine (C=N–C) groups is 1. The van der Waals surface area contributed by atoms with Crippen LogP contribution in [0.15, 0.2) is 4.99 Å². The molecule has 0 bridgehead atoms. The largest absolute Gasteiger partial charge is 0.370 e. The van der Waals surface area contributed by atoms with Crippen molar-refractivity contribution in [2.75, 3.05) is 38.5 Å². The minimum absolute atomic E-state index is 0. The van der Waals surface area contributed by atoms with Crippen LogP contribution < -0.4 is 5.73 Å². The number of halogens is 1. The minimum Gasteiger partial charge on any atom is -0.370 e. The average molecular weight is 416 g/mol. The molecule has 0 amide bonds. The van der Waals surface area contributed by atoms with E-state index >= 15 is 0 Å². The number of guanidine groups is 1. The van der Waals surface area contributed by atoms with Crippen molar-refractivity contribution >= 4 is 40.0 Å². The van der Waals surface area contributed by atoms with Gasteiger partial charge in [0.15, 0.2) is 5.96 Å². The van der Waals surface area contributed by atoms with Gasteiger partial charge in [-0.25, -0.2) is 12.7 Å². The van der Waals surface area contributed by atoms with E-state index in [1.807, 2.05) is 0 Å². The Morgan fingerprint density at radius 1 is 1.30 bits per heavy atom. The summed E-state index contributed by atoms with van der Waals surface area (Å²) in [7, 11) is -3.01. The summed E-state index contributed by atoms with van der Waals surface area (Å²) in [4.78, 5) is 6.41. The van der Waals surface area contributed by atoms with Gasteiger partial charge in [0.05, 0.1) is 12.3 Å². The van der Waals surface area contributed by atoms with Gasteiger partial charge in [0, 0.05) is 26.2 Å². The predicted molar refractivity (Wildman–Crippen MR) is 91.9 cm³/mol. The maximum atomic E-state index is 11.6. The van der Waals surface area contributed by atoms with E-state index in [2.05, 4.69) is 16.8 Å². The Bertz CT molecular complexity index is 433. The van der Waals surface area contributed by atoms with E-state index < -0.39 is 10.0 Å². The highest BCUT2D eigenvalue weighted by molar-refractivity contribution is 14.0. The Morgan fingerprint density at radius 2 is 1.95 bits per heavy atom. The van der Waals surface area contributed by atoms with Crippen LogP contribution in [0.2, 0.25) is 0 Å². The van der Waals surface area contributed by atoms with Crippen LogP contribution in [-0.2, 0) is 10.0 Å². The van der Waals surface area contributed by atoms with Crippen molar-refractivity contribution < 1.29 is 8.42 Å². The first-order chi connectivity index (χ1) is 8.99. The highest BCUT2D eigenvalue weighted by atomic mass is 127. The number of likely N-dealkylation sites (tertiary alicyclic amines) is 1. The van der Waals surface area contributed by atoms with Gasteiger partial charge in [0.1, 0.15) is 0 Å². The van der Waals surface area contributed by atoms with Gasteiger partial charge in [-0.2, -0.15) is 0 Å². The molecule has 2 N–H and O–H groups in total. The molecule has 2 aliphatic heterocycles. The van der Waals surface area contributed by atoms with E-state index in [1.165, 1.54) is 4.31 Å². The SMILES string of the molecule is CC1CCN(C(N)=NCCN2CCCS2(=O)=O)CC1.I. The molecule has 0 aromatic rings. The van der Waals surface area contributed by atoms with Crippen LogP contribution in [-0.4, -0.2) is 62.1 Å². The molecule has 0 aromatic heterocycles. The quantitative estimate of drug-likeness (QED) is 0.417. The first kappa shape index (κ1) is 18.0. The number of rotatable bonds is 3. The molecule has 0 unspecified atom stereocenters. The lowest BCUT2D eigenvalue weighted by atomic mass is 10.00. The molecule has 0 radical (unpaired) electrons. The summed E-state index contributed by atoms with van der Waals surface area (Å²) in [5, 5.41) is 0. The summed E-state index contributed by atoms with van der Waals surface area (Å²) in [6.07, 6.45) is 3.03. The lowest BCUT2D eigenvalue weighted by Crippen LogP contribution is -2.43. The maximum Gasteiger partial charge on any atom is 0.214 e. The topological polar surface area (TPSA) is 79.0 Å². The van der Waals surface area contributed by atoms with Crippen LogP contribution in [0.25, 0.3) is 0 Å². The van der Waals surface area contributed by atoms with Crippen molar-refractivity contribution in [2.24, 2.45) is 16.6 Å². The van der Waals surface area contributed by atoms with Gasteiger partial charge in [-0.05, 0) is 25.2 Å². The molecule has 8 heteroatoms. The van der Waals surface area contributed by atoms with Crippen LogP contribution in [0.4, 0.5) is 0 Å². The summed E-state index contributed by atoms with van der Waals surface area (Å²) in [6.45, 7) is 5.70. The molecule has 118 valence electrons. The van der Waals surface area contributed by atoms with Crippen molar-refractivity contribution in [2.45, 2.75) is 26.2 Å². The maximum absolute atomic E-state index is 11.6. The minimum atomic E-state index is -3.01. The van der Waals surface area contributed by atoms with Gasteiger partial charge >= 0.3 is 0 Å². The summed E-state index contributed by atoms with van der Waals surface area (Å²) in [6, 6.07) is 0. The van der Waals surface area contributed by atoms with E-state index in [-0.39, 0.29) is 29.7 Å². The molecule has 2 heterocycles. The van der Waals surface area contributed by atoms with Gasteiger partial charge in [-0.1, -0.05) is 6.92 Å². The molecule has 0 aliphatic carbocycles. The molecule has 0 spiro atoms. The smallest absolute Gasteiger partial charge is 0.214 e. The lowest BCUT2D eigenvalue weighted by Gasteiger charge is -2.31. The van der Waals surface area contributed by atoms with Gasteiger partial charge in [0.2, 0.25) is 10.0 Å². The van der Waals surface area contributed by atoms with Crippen molar-refractivity contribution in [3.05, 3.63) is 0 Å². The molecule has 0 aromatic carbocycles. The van der Waals surface area contributed by atoms with E-state index in [0.717, 1.165) is 38.3 Å². The second-order valence-electron chi connectivity index (χ2n) is 5.48. The molecule has 2 saturated heterocycles. The monoisotopic (exact) mass is 416 g/mol. The molecule has 2 rings (SSSR count). The van der Waals surface area contributed by atoms with Crippen LogP contribution in [0.1, 0.15) is 26.2 Å². The number of piperidine rings is 1. The van der Waals surface area contributed by atoms with Crippen LogP contribution >= 0.6 is 24.0 Å². The predicted octanol–water partition coefficient (Wildman–Crippen LogP) is 0.686. The first-order valence-corrected chi connectivity index (χ1v) is 8.62. The molecular formula is C12H25IN4O2S. The fraction of sp³-hybridized carbons (Fsp3) is 0.917. The molecule has 2 fully saturated rings. The van der Waals surface area contributed by atoms with E-state index in [4.69, 9.17) is 5.73 Å². The summed E-state index contributed by atoms with van der Waals surface area (Å²) >= 11 is 0. The zero-order chi connectivity index (χ0) is 13.9. The van der Waals surface area contributed by atoms with Gasteiger partial charge in [-0.3, -0.25) is 4.99 Å². The Morgan fingerprint density at radius 3 is 2.50 bits per heavy atom. The third-order valence-electron chi connectivity index (χ3n) is 3.93. The first-order valence-electron chi connectivity index (χ1n) is 7.02. The van der Waals surface area contributed by atoms with Gasteiger partial charge in [0.25, 0.3) is 0 Å². The standard InChI is InChI=1S/C12H24N4O2S.HI/c1-11-3-7-15(8-4-11)12(13)14-5-9-16-6-2-10-19(16,17)18;/h11H,2-10H2,1H3,(H2,13,14);1H. The zero-order valence-electron chi connectivity index (χ0n) is 12.0. The Kier molecular flexibility index (Phi) is 6.99. The number of hydrogen-bond acceptors (Lipinski definition) is 3. The van der Waals surface area contributed by atoms with Gasteiger partial charge in [-0.15, -0.1) is 24.0 Å². The highest BCUT2D eigenvalue weighted by Crippen LogP contribution is 2.15. The van der Waals surface area contributed by atoms with Crippen molar-refractivity contribution in [3.8, 4) is 0 Å². The van der Waals surface area contributed by atoms with Crippen LogP contribution in [0.5, 0.6) is 0 Å². The molecule has 6 nitrogen and oxygen atoms in total. The summed E-state index contributed by atoms with van der Waals surface area (Å²) in [5.74, 6) is 1.60. The van der Waals surface area contributed by atoms with Crippen molar-refractivity contribution in [3.63, 3.8) is 0 Å². The van der Waals surface area contributed by atoms with E-state index in [9.17, 15) is 8.42 Å².